The number of aromatic nitrogens is 1. The maximum atomic E-state index is 10.5. The number of nitrogens with two attached hydrogens (primary N) is 1. The molecular weight excluding hydrogens is 200 g/mol. The standard InChI is InChI=1S/C8H10N4O3/c1-2-15-8-6(7(9)10)3-5(4-11-8)12(13)14/h3-4H,2H2,1H3,(H3,9,10). The maximum absolute atomic E-state index is 10.5. The lowest BCUT2D eigenvalue weighted by Crippen LogP contribution is -2.14. The third-order valence-corrected chi connectivity index (χ3v) is 1.62. The predicted octanol–water partition coefficient (Wildman–Crippen LogP) is 0.673. The molecule has 0 unspecified atom stereocenters. The summed E-state index contributed by atoms with van der Waals surface area (Å²) in [6, 6.07) is 1.17. The Hall–Kier alpha value is -2.18. The summed E-state index contributed by atoms with van der Waals surface area (Å²) in [5, 5.41) is 17.7. The van der Waals surface area contributed by atoms with Gasteiger partial charge in [0.05, 0.1) is 17.1 Å². The Morgan fingerprint density at radius 3 is 2.93 bits per heavy atom. The van der Waals surface area contributed by atoms with Crippen molar-refractivity contribution in [2.24, 2.45) is 5.73 Å². The van der Waals surface area contributed by atoms with E-state index < -0.39 is 4.92 Å². The minimum atomic E-state index is -0.602. The summed E-state index contributed by atoms with van der Waals surface area (Å²) in [6.45, 7) is 2.10. The molecule has 3 N–H and O–H groups in total. The summed E-state index contributed by atoms with van der Waals surface area (Å²) in [4.78, 5) is 13.6. The van der Waals surface area contributed by atoms with Crippen molar-refractivity contribution in [3.05, 3.63) is 27.9 Å². The van der Waals surface area contributed by atoms with Crippen molar-refractivity contribution in [1.29, 1.82) is 5.41 Å². The molecule has 15 heavy (non-hydrogen) atoms. The summed E-state index contributed by atoms with van der Waals surface area (Å²) < 4.78 is 5.08. The highest BCUT2D eigenvalue weighted by molar-refractivity contribution is 5.97. The van der Waals surface area contributed by atoms with Crippen LogP contribution in [0.2, 0.25) is 0 Å². The average molecular weight is 210 g/mol. The number of pyridine rings is 1. The van der Waals surface area contributed by atoms with Gasteiger partial charge in [-0.3, -0.25) is 15.5 Å². The fourth-order valence-electron chi connectivity index (χ4n) is 0.986. The minimum absolute atomic E-state index is 0.131. The number of ether oxygens (including phenoxy) is 1. The third-order valence-electron chi connectivity index (χ3n) is 1.62. The van der Waals surface area contributed by atoms with Crippen LogP contribution in [0.3, 0.4) is 0 Å². The summed E-state index contributed by atoms with van der Waals surface area (Å²) in [5.41, 5.74) is 5.17. The van der Waals surface area contributed by atoms with Gasteiger partial charge in [-0.25, -0.2) is 4.98 Å². The first-order valence-electron chi connectivity index (χ1n) is 4.18. The first kappa shape index (κ1) is 10.9. The summed E-state index contributed by atoms with van der Waals surface area (Å²) >= 11 is 0. The number of nitrogens with one attached hydrogen (secondary N) is 1. The number of hydrogen-bond donors (Lipinski definition) is 2. The van der Waals surface area contributed by atoms with Crippen LogP contribution in [0.5, 0.6) is 5.88 Å². The second-order valence-electron chi connectivity index (χ2n) is 2.65. The summed E-state index contributed by atoms with van der Waals surface area (Å²) in [7, 11) is 0. The second kappa shape index (κ2) is 4.36. The van der Waals surface area contributed by atoms with Crippen LogP contribution < -0.4 is 10.5 Å². The maximum Gasteiger partial charge on any atom is 0.288 e. The largest absolute Gasteiger partial charge is 0.477 e. The van der Waals surface area contributed by atoms with Crippen LogP contribution >= 0.6 is 0 Å². The van der Waals surface area contributed by atoms with Crippen LogP contribution in [0.15, 0.2) is 12.3 Å². The smallest absolute Gasteiger partial charge is 0.288 e. The monoisotopic (exact) mass is 210 g/mol. The zero-order valence-corrected chi connectivity index (χ0v) is 8.06. The van der Waals surface area contributed by atoms with Gasteiger partial charge in [-0.05, 0) is 6.92 Å². The molecule has 0 atom stereocenters. The van der Waals surface area contributed by atoms with Crippen molar-refractivity contribution in [3.63, 3.8) is 0 Å². The van der Waals surface area contributed by atoms with E-state index in [-0.39, 0.29) is 23.0 Å². The summed E-state index contributed by atoms with van der Waals surface area (Å²) in [5.74, 6) is -0.176. The molecule has 0 fully saturated rings. The van der Waals surface area contributed by atoms with Crippen molar-refractivity contribution >= 4 is 11.5 Å². The molecule has 7 nitrogen and oxygen atoms in total. The van der Waals surface area contributed by atoms with Gasteiger partial charge in [0.2, 0.25) is 5.88 Å². The Kier molecular flexibility index (Phi) is 3.17. The number of amidine groups is 1. The first-order valence-corrected chi connectivity index (χ1v) is 4.18. The van der Waals surface area contributed by atoms with Crippen LogP contribution in [0.1, 0.15) is 12.5 Å². The molecule has 0 aliphatic carbocycles. The highest BCUT2D eigenvalue weighted by Gasteiger charge is 2.14. The molecule has 0 aliphatic rings. The fraction of sp³-hybridized carbons (Fsp3) is 0.250. The van der Waals surface area contributed by atoms with Crippen molar-refractivity contribution < 1.29 is 9.66 Å². The molecule has 1 rings (SSSR count). The van der Waals surface area contributed by atoms with Crippen molar-refractivity contribution in [2.75, 3.05) is 6.61 Å². The number of nitrogens with zero attached hydrogens (tertiary/aromatic N) is 2. The molecule has 80 valence electrons. The van der Waals surface area contributed by atoms with E-state index in [1.807, 2.05) is 0 Å². The second-order valence-corrected chi connectivity index (χ2v) is 2.65. The van der Waals surface area contributed by atoms with Gasteiger partial charge in [0.1, 0.15) is 12.0 Å². The Morgan fingerprint density at radius 1 is 1.80 bits per heavy atom. The van der Waals surface area contributed by atoms with E-state index in [1.165, 1.54) is 6.07 Å². The molecule has 0 bridgehead atoms. The molecule has 1 aromatic heterocycles. The van der Waals surface area contributed by atoms with E-state index in [9.17, 15) is 10.1 Å². The van der Waals surface area contributed by atoms with E-state index in [1.54, 1.807) is 6.92 Å². The highest BCUT2D eigenvalue weighted by Crippen LogP contribution is 2.20. The van der Waals surface area contributed by atoms with Gasteiger partial charge < -0.3 is 10.5 Å². The lowest BCUT2D eigenvalue weighted by Gasteiger charge is -2.06. The van der Waals surface area contributed by atoms with E-state index in [0.717, 1.165) is 6.20 Å². The van der Waals surface area contributed by atoms with Crippen molar-refractivity contribution in [2.45, 2.75) is 6.92 Å². The molecular formula is C8H10N4O3. The molecule has 0 aliphatic heterocycles. The number of nitrogen functional groups attached to an aromatic ring is 1. The molecule has 1 heterocycles. The number of nitro groups is 1. The zero-order chi connectivity index (χ0) is 11.4. The first-order chi connectivity index (χ1) is 7.06. The van der Waals surface area contributed by atoms with Gasteiger partial charge in [-0.1, -0.05) is 0 Å². The molecule has 0 radical (unpaired) electrons. The van der Waals surface area contributed by atoms with Gasteiger partial charge in [0.25, 0.3) is 5.69 Å². The van der Waals surface area contributed by atoms with Crippen LogP contribution in [-0.4, -0.2) is 22.3 Å². The van der Waals surface area contributed by atoms with E-state index in [4.69, 9.17) is 15.9 Å². The highest BCUT2D eigenvalue weighted by atomic mass is 16.6. The Bertz CT molecular complexity index is 405. The van der Waals surface area contributed by atoms with Gasteiger partial charge in [-0.2, -0.15) is 0 Å². The van der Waals surface area contributed by atoms with E-state index >= 15 is 0 Å². The lowest BCUT2D eigenvalue weighted by atomic mass is 10.2. The van der Waals surface area contributed by atoms with Gasteiger partial charge in [-0.15, -0.1) is 0 Å². The number of hydrogen-bond acceptors (Lipinski definition) is 5. The van der Waals surface area contributed by atoms with Gasteiger partial charge in [0.15, 0.2) is 0 Å². The molecule has 0 spiro atoms. The van der Waals surface area contributed by atoms with Crippen molar-refractivity contribution in [3.8, 4) is 5.88 Å². The minimum Gasteiger partial charge on any atom is -0.477 e. The fourth-order valence-corrected chi connectivity index (χ4v) is 0.986. The summed E-state index contributed by atoms with van der Waals surface area (Å²) in [6.07, 6.45) is 1.07. The number of rotatable bonds is 4. The molecule has 7 heteroatoms. The van der Waals surface area contributed by atoms with Crippen LogP contribution in [0.4, 0.5) is 5.69 Å². The SMILES string of the molecule is CCOc1ncc([N+](=O)[O-])cc1C(=N)N. The van der Waals surface area contributed by atoms with E-state index in [0.29, 0.717) is 6.61 Å². The predicted molar refractivity (Wildman–Crippen MR) is 53.1 cm³/mol. The molecule has 1 aromatic rings. The van der Waals surface area contributed by atoms with Crippen LogP contribution in [0.25, 0.3) is 0 Å². The van der Waals surface area contributed by atoms with Gasteiger partial charge >= 0.3 is 0 Å². The van der Waals surface area contributed by atoms with Crippen LogP contribution in [0, 0.1) is 15.5 Å². The molecule has 0 saturated carbocycles. The van der Waals surface area contributed by atoms with Crippen LogP contribution in [-0.2, 0) is 0 Å². The normalized spacial score (nSPS) is 9.67. The average Bonchev–Trinajstić information content (AvgIpc) is 2.18. The van der Waals surface area contributed by atoms with Crippen molar-refractivity contribution in [1.82, 2.24) is 4.98 Å². The molecule has 0 amide bonds. The topological polar surface area (TPSA) is 115 Å². The third kappa shape index (κ3) is 2.39. The quantitative estimate of drug-likeness (QED) is 0.328. The van der Waals surface area contributed by atoms with E-state index in [2.05, 4.69) is 4.98 Å². The Balaban J connectivity index is 3.20. The molecule has 0 saturated heterocycles. The lowest BCUT2D eigenvalue weighted by molar-refractivity contribution is -0.385. The molecule has 0 aromatic carbocycles. The van der Waals surface area contributed by atoms with Gasteiger partial charge in [0, 0.05) is 6.07 Å². The Labute approximate surface area is 85.5 Å². The zero-order valence-electron chi connectivity index (χ0n) is 8.06. The Morgan fingerprint density at radius 2 is 2.47 bits per heavy atom.